The number of nitrogens with zero attached hydrogens (tertiary/aromatic N) is 1. The van der Waals surface area contributed by atoms with Gasteiger partial charge in [0.1, 0.15) is 5.75 Å². The molecule has 0 aliphatic heterocycles. The molecule has 0 amide bonds. The van der Waals surface area contributed by atoms with Gasteiger partial charge in [-0.2, -0.15) is 0 Å². The first-order chi connectivity index (χ1) is 6.01. The molecule has 0 aliphatic carbocycles. The van der Waals surface area contributed by atoms with Crippen LogP contribution in [0.5, 0.6) is 5.75 Å². The summed E-state index contributed by atoms with van der Waals surface area (Å²) < 4.78 is 38.8. The van der Waals surface area contributed by atoms with E-state index in [1.807, 2.05) is 0 Å². The monoisotopic (exact) mass is 189 g/mol. The summed E-state index contributed by atoms with van der Waals surface area (Å²) in [4.78, 5) is 3.72. The molecule has 0 saturated carbocycles. The summed E-state index contributed by atoms with van der Waals surface area (Å²) in [6.07, 6.45) is -2.11. The Bertz CT molecular complexity index is 309. The zero-order chi connectivity index (χ0) is 9.90. The Hall–Kier alpha value is -1.52. The molecular formula is C8H6F3NO. The van der Waals surface area contributed by atoms with Gasteiger partial charge < -0.3 is 4.74 Å². The zero-order valence-electron chi connectivity index (χ0n) is 6.51. The van der Waals surface area contributed by atoms with Crippen LogP contribution in [-0.2, 0) is 0 Å². The third-order valence-corrected chi connectivity index (χ3v) is 1.20. The molecule has 0 atom stereocenters. The lowest BCUT2D eigenvalue weighted by Gasteiger charge is -2.08. The summed E-state index contributed by atoms with van der Waals surface area (Å²) in [7, 11) is 0. The van der Waals surface area contributed by atoms with E-state index in [0.717, 1.165) is 12.1 Å². The molecule has 1 rings (SSSR count). The molecule has 1 heterocycles. The Morgan fingerprint density at radius 3 is 2.69 bits per heavy atom. The van der Waals surface area contributed by atoms with E-state index in [0.29, 0.717) is 5.69 Å². The van der Waals surface area contributed by atoms with Crippen LogP contribution in [0.3, 0.4) is 0 Å². The maximum atomic E-state index is 11.7. The van der Waals surface area contributed by atoms with E-state index in [-0.39, 0.29) is 5.75 Å². The quantitative estimate of drug-likeness (QED) is 0.713. The summed E-state index contributed by atoms with van der Waals surface area (Å²) in [6.45, 7) is 3.37. The van der Waals surface area contributed by atoms with E-state index in [1.165, 1.54) is 12.3 Å². The molecule has 70 valence electrons. The van der Waals surface area contributed by atoms with E-state index in [9.17, 15) is 13.2 Å². The highest BCUT2D eigenvalue weighted by Crippen LogP contribution is 2.22. The predicted octanol–water partition coefficient (Wildman–Crippen LogP) is 2.62. The van der Waals surface area contributed by atoms with E-state index < -0.39 is 6.36 Å². The summed E-state index contributed by atoms with van der Waals surface area (Å²) >= 11 is 0. The number of alkyl halides is 3. The van der Waals surface area contributed by atoms with Gasteiger partial charge in [0.25, 0.3) is 0 Å². The first-order valence-electron chi connectivity index (χ1n) is 3.35. The summed E-state index contributed by atoms with van der Waals surface area (Å²) in [5.74, 6) is -0.294. The van der Waals surface area contributed by atoms with Gasteiger partial charge in [0, 0.05) is 12.3 Å². The van der Waals surface area contributed by atoms with Gasteiger partial charge in [0.15, 0.2) is 0 Å². The maximum absolute atomic E-state index is 11.7. The van der Waals surface area contributed by atoms with Gasteiger partial charge in [-0.3, -0.25) is 4.98 Å². The standard InChI is InChI=1S/C8H6F3NO/c1-2-6-5-7(3-4-12-6)13-8(9,10)11/h2-5H,1H2. The fourth-order valence-corrected chi connectivity index (χ4v) is 0.737. The zero-order valence-corrected chi connectivity index (χ0v) is 6.51. The van der Waals surface area contributed by atoms with Crippen molar-refractivity contribution in [1.29, 1.82) is 0 Å². The molecule has 13 heavy (non-hydrogen) atoms. The Labute approximate surface area is 72.7 Å². The molecule has 0 bridgehead atoms. The molecule has 0 aliphatic rings. The van der Waals surface area contributed by atoms with Crippen molar-refractivity contribution < 1.29 is 17.9 Å². The van der Waals surface area contributed by atoms with Crippen LogP contribution >= 0.6 is 0 Å². The average molecular weight is 189 g/mol. The van der Waals surface area contributed by atoms with Gasteiger partial charge in [-0.05, 0) is 12.1 Å². The van der Waals surface area contributed by atoms with E-state index in [4.69, 9.17) is 0 Å². The molecular weight excluding hydrogens is 183 g/mol. The van der Waals surface area contributed by atoms with Gasteiger partial charge in [-0.1, -0.05) is 6.58 Å². The molecule has 1 aromatic heterocycles. The van der Waals surface area contributed by atoms with Crippen molar-refractivity contribution in [3.8, 4) is 5.75 Å². The highest BCUT2D eigenvalue weighted by Gasteiger charge is 2.31. The van der Waals surface area contributed by atoms with Crippen LogP contribution in [0.1, 0.15) is 5.69 Å². The summed E-state index contributed by atoms with van der Waals surface area (Å²) in [6, 6.07) is 2.28. The van der Waals surface area contributed by atoms with Crippen LogP contribution < -0.4 is 4.74 Å². The second kappa shape index (κ2) is 3.47. The van der Waals surface area contributed by atoms with Crippen LogP contribution in [0.4, 0.5) is 13.2 Å². The number of ether oxygens (including phenoxy) is 1. The molecule has 0 fully saturated rings. The van der Waals surface area contributed by atoms with E-state index in [1.54, 1.807) is 0 Å². The lowest BCUT2D eigenvalue weighted by molar-refractivity contribution is -0.274. The first kappa shape index (κ1) is 9.57. The Morgan fingerprint density at radius 1 is 1.46 bits per heavy atom. The Balaban J connectivity index is 2.84. The van der Waals surface area contributed by atoms with Crippen molar-refractivity contribution in [1.82, 2.24) is 4.98 Å². The van der Waals surface area contributed by atoms with Crippen molar-refractivity contribution in [3.05, 3.63) is 30.6 Å². The first-order valence-corrected chi connectivity index (χ1v) is 3.35. The molecule has 0 N–H and O–H groups in total. The van der Waals surface area contributed by atoms with Crippen molar-refractivity contribution >= 4 is 6.08 Å². The fourth-order valence-electron chi connectivity index (χ4n) is 0.737. The number of aromatic nitrogens is 1. The normalized spacial score (nSPS) is 11.0. The molecule has 2 nitrogen and oxygen atoms in total. The molecule has 1 aromatic rings. The van der Waals surface area contributed by atoms with Gasteiger partial charge in [0.05, 0.1) is 5.69 Å². The Kier molecular flexibility index (Phi) is 2.55. The lowest BCUT2D eigenvalue weighted by atomic mass is 10.3. The van der Waals surface area contributed by atoms with E-state index >= 15 is 0 Å². The van der Waals surface area contributed by atoms with Crippen LogP contribution in [-0.4, -0.2) is 11.3 Å². The van der Waals surface area contributed by atoms with Crippen molar-refractivity contribution in [2.24, 2.45) is 0 Å². The highest BCUT2D eigenvalue weighted by atomic mass is 19.4. The van der Waals surface area contributed by atoms with Crippen molar-refractivity contribution in [3.63, 3.8) is 0 Å². The SMILES string of the molecule is C=Cc1cc(OC(F)(F)F)ccn1. The third-order valence-electron chi connectivity index (χ3n) is 1.20. The Morgan fingerprint density at radius 2 is 2.15 bits per heavy atom. The van der Waals surface area contributed by atoms with Crippen LogP contribution in [0.2, 0.25) is 0 Å². The minimum absolute atomic E-state index is 0.294. The summed E-state index contributed by atoms with van der Waals surface area (Å²) in [5, 5.41) is 0. The minimum atomic E-state index is -4.67. The molecule has 0 saturated heterocycles. The maximum Gasteiger partial charge on any atom is 0.573 e. The van der Waals surface area contributed by atoms with Crippen molar-refractivity contribution in [2.45, 2.75) is 6.36 Å². The largest absolute Gasteiger partial charge is 0.573 e. The second-order valence-electron chi connectivity index (χ2n) is 2.17. The molecule has 5 heteroatoms. The topological polar surface area (TPSA) is 22.1 Å². The molecule has 0 aromatic carbocycles. The fraction of sp³-hybridized carbons (Fsp3) is 0.125. The molecule has 0 radical (unpaired) electrons. The lowest BCUT2D eigenvalue weighted by Crippen LogP contribution is -2.17. The van der Waals surface area contributed by atoms with Gasteiger partial charge in [-0.25, -0.2) is 0 Å². The second-order valence-corrected chi connectivity index (χ2v) is 2.17. The predicted molar refractivity (Wildman–Crippen MR) is 41.0 cm³/mol. The molecule has 0 unspecified atom stereocenters. The van der Waals surface area contributed by atoms with Crippen LogP contribution in [0.15, 0.2) is 24.9 Å². The smallest absolute Gasteiger partial charge is 0.406 e. The average Bonchev–Trinajstić information content (AvgIpc) is 2.01. The highest BCUT2D eigenvalue weighted by molar-refractivity contribution is 5.44. The van der Waals surface area contributed by atoms with Gasteiger partial charge in [-0.15, -0.1) is 13.2 Å². The third kappa shape index (κ3) is 3.14. The van der Waals surface area contributed by atoms with Crippen LogP contribution in [0.25, 0.3) is 6.08 Å². The van der Waals surface area contributed by atoms with E-state index in [2.05, 4.69) is 16.3 Å². The van der Waals surface area contributed by atoms with Gasteiger partial charge in [0.2, 0.25) is 0 Å². The number of hydrogen-bond acceptors (Lipinski definition) is 2. The number of pyridine rings is 1. The number of halogens is 3. The molecule has 0 spiro atoms. The van der Waals surface area contributed by atoms with Crippen LogP contribution in [0, 0.1) is 0 Å². The van der Waals surface area contributed by atoms with Crippen molar-refractivity contribution in [2.75, 3.05) is 0 Å². The number of hydrogen-bond donors (Lipinski definition) is 0. The van der Waals surface area contributed by atoms with Gasteiger partial charge >= 0.3 is 6.36 Å². The number of rotatable bonds is 2. The minimum Gasteiger partial charge on any atom is -0.406 e. The summed E-state index contributed by atoms with van der Waals surface area (Å²) in [5.41, 5.74) is 0.335.